The van der Waals surface area contributed by atoms with Crippen LogP contribution in [0.15, 0.2) is 30.3 Å². The van der Waals surface area contributed by atoms with Gasteiger partial charge < -0.3 is 0 Å². The molecule has 1 aliphatic rings. The van der Waals surface area contributed by atoms with Crippen LogP contribution in [0.4, 0.5) is 13.2 Å². The first-order chi connectivity index (χ1) is 8.01. The van der Waals surface area contributed by atoms with E-state index in [4.69, 9.17) is 5.84 Å². The summed E-state index contributed by atoms with van der Waals surface area (Å²) in [6.45, 7) is 0. The van der Waals surface area contributed by atoms with Gasteiger partial charge in [0, 0.05) is 6.04 Å². The van der Waals surface area contributed by atoms with Crippen molar-refractivity contribution in [2.24, 2.45) is 11.8 Å². The van der Waals surface area contributed by atoms with Crippen molar-refractivity contribution in [2.75, 3.05) is 0 Å². The number of hydrogen-bond acceptors (Lipinski definition) is 2. The van der Waals surface area contributed by atoms with Crippen molar-refractivity contribution in [1.29, 1.82) is 0 Å². The van der Waals surface area contributed by atoms with E-state index in [1.54, 1.807) is 0 Å². The molecule has 0 aliphatic heterocycles. The van der Waals surface area contributed by atoms with Crippen LogP contribution in [0.1, 0.15) is 24.3 Å². The second kappa shape index (κ2) is 4.66. The fraction of sp³-hybridized carbons (Fsp3) is 0.500. The van der Waals surface area contributed by atoms with E-state index in [0.29, 0.717) is 0 Å². The maximum atomic E-state index is 12.3. The summed E-state index contributed by atoms with van der Waals surface area (Å²) in [6.07, 6.45) is -4.26. The summed E-state index contributed by atoms with van der Waals surface area (Å²) in [5.74, 6) is 5.41. The molecule has 3 N–H and O–H groups in total. The van der Waals surface area contributed by atoms with Crippen LogP contribution in [0.3, 0.4) is 0 Å². The molecule has 2 rings (SSSR count). The zero-order valence-corrected chi connectivity index (χ0v) is 9.24. The molecule has 1 aromatic carbocycles. The zero-order chi connectivity index (χ0) is 12.5. The molecular formula is C12H15F3N2. The zero-order valence-electron chi connectivity index (χ0n) is 9.24. The van der Waals surface area contributed by atoms with Gasteiger partial charge >= 0.3 is 6.18 Å². The quantitative estimate of drug-likeness (QED) is 0.631. The Kier molecular flexibility index (Phi) is 3.40. The van der Waals surface area contributed by atoms with E-state index in [-0.39, 0.29) is 11.8 Å². The van der Waals surface area contributed by atoms with Gasteiger partial charge in [-0.25, -0.2) is 0 Å². The van der Waals surface area contributed by atoms with E-state index >= 15 is 0 Å². The summed E-state index contributed by atoms with van der Waals surface area (Å²) in [5, 5.41) is 0. The summed E-state index contributed by atoms with van der Waals surface area (Å²) in [4.78, 5) is 0. The third-order valence-electron chi connectivity index (χ3n) is 3.25. The van der Waals surface area contributed by atoms with Crippen molar-refractivity contribution in [2.45, 2.75) is 31.0 Å². The van der Waals surface area contributed by atoms with Crippen LogP contribution in [0.2, 0.25) is 0 Å². The van der Waals surface area contributed by atoms with Crippen LogP contribution < -0.4 is 11.3 Å². The summed E-state index contributed by atoms with van der Waals surface area (Å²) >= 11 is 0. The molecule has 0 saturated heterocycles. The first kappa shape index (κ1) is 12.4. The van der Waals surface area contributed by atoms with Gasteiger partial charge in [0.05, 0.1) is 6.42 Å². The molecule has 17 heavy (non-hydrogen) atoms. The lowest BCUT2D eigenvalue weighted by Gasteiger charge is -2.17. The number of rotatable bonds is 4. The van der Waals surface area contributed by atoms with E-state index in [0.717, 1.165) is 12.0 Å². The molecule has 94 valence electrons. The highest BCUT2D eigenvalue weighted by Crippen LogP contribution is 2.50. The lowest BCUT2D eigenvalue weighted by molar-refractivity contribution is -0.141. The standard InChI is InChI=1S/C12H15F3N2/c13-12(14,15)7-11(17-16)10-6-9(10)8-4-2-1-3-5-8/h1-5,9-11,17H,6-7,16H2. The molecule has 3 unspecified atom stereocenters. The summed E-state index contributed by atoms with van der Waals surface area (Å²) in [7, 11) is 0. The first-order valence-electron chi connectivity index (χ1n) is 5.59. The fourth-order valence-corrected chi connectivity index (χ4v) is 2.33. The molecule has 1 saturated carbocycles. The maximum Gasteiger partial charge on any atom is 0.390 e. The molecule has 1 aliphatic carbocycles. The summed E-state index contributed by atoms with van der Waals surface area (Å²) < 4.78 is 36.9. The number of hydrogen-bond donors (Lipinski definition) is 2. The summed E-state index contributed by atoms with van der Waals surface area (Å²) in [5.41, 5.74) is 3.40. The van der Waals surface area contributed by atoms with Crippen LogP contribution in [-0.4, -0.2) is 12.2 Å². The third-order valence-corrected chi connectivity index (χ3v) is 3.25. The van der Waals surface area contributed by atoms with Gasteiger partial charge in [0.25, 0.3) is 0 Å². The lowest BCUT2D eigenvalue weighted by Crippen LogP contribution is -2.40. The van der Waals surface area contributed by atoms with Crippen LogP contribution in [-0.2, 0) is 0 Å². The SMILES string of the molecule is NNC(CC(F)(F)F)C1CC1c1ccccc1. The number of nitrogens with two attached hydrogens (primary N) is 1. The minimum absolute atomic E-state index is 0.0102. The largest absolute Gasteiger partial charge is 0.390 e. The van der Waals surface area contributed by atoms with E-state index in [1.165, 1.54) is 0 Å². The van der Waals surface area contributed by atoms with Crippen LogP contribution >= 0.6 is 0 Å². The van der Waals surface area contributed by atoms with Gasteiger partial charge in [0.1, 0.15) is 0 Å². The van der Waals surface area contributed by atoms with E-state index in [2.05, 4.69) is 5.43 Å². The maximum absolute atomic E-state index is 12.3. The van der Waals surface area contributed by atoms with Gasteiger partial charge in [-0.05, 0) is 23.8 Å². The van der Waals surface area contributed by atoms with E-state index in [9.17, 15) is 13.2 Å². The van der Waals surface area contributed by atoms with Gasteiger partial charge in [-0.1, -0.05) is 30.3 Å². The molecule has 5 heteroatoms. The lowest BCUT2D eigenvalue weighted by atomic mass is 10.0. The molecule has 0 aromatic heterocycles. The van der Waals surface area contributed by atoms with Gasteiger partial charge in [-0.2, -0.15) is 13.2 Å². The van der Waals surface area contributed by atoms with Crippen molar-refractivity contribution in [3.8, 4) is 0 Å². The highest BCUT2D eigenvalue weighted by molar-refractivity contribution is 5.26. The number of hydrazine groups is 1. The predicted octanol–water partition coefficient (Wildman–Crippen LogP) is 2.57. The van der Waals surface area contributed by atoms with Gasteiger partial charge in [0.2, 0.25) is 0 Å². The molecule has 0 amide bonds. The highest BCUT2D eigenvalue weighted by atomic mass is 19.4. The molecule has 2 nitrogen and oxygen atoms in total. The molecule has 0 bridgehead atoms. The van der Waals surface area contributed by atoms with E-state index in [1.807, 2.05) is 30.3 Å². The van der Waals surface area contributed by atoms with Crippen molar-refractivity contribution in [3.05, 3.63) is 35.9 Å². The topological polar surface area (TPSA) is 38.0 Å². The predicted molar refractivity (Wildman–Crippen MR) is 59.1 cm³/mol. The van der Waals surface area contributed by atoms with Crippen molar-refractivity contribution in [3.63, 3.8) is 0 Å². The smallest absolute Gasteiger partial charge is 0.271 e. The van der Waals surface area contributed by atoms with Crippen molar-refractivity contribution >= 4 is 0 Å². The average Bonchev–Trinajstić information content (AvgIpc) is 3.06. The van der Waals surface area contributed by atoms with Crippen LogP contribution in [0.25, 0.3) is 0 Å². The Hall–Kier alpha value is -1.07. The summed E-state index contributed by atoms with van der Waals surface area (Å²) in [6, 6.07) is 8.92. The Morgan fingerprint density at radius 3 is 2.47 bits per heavy atom. The molecule has 0 spiro atoms. The monoisotopic (exact) mass is 244 g/mol. The number of nitrogens with one attached hydrogen (secondary N) is 1. The average molecular weight is 244 g/mol. The Morgan fingerprint density at radius 1 is 1.29 bits per heavy atom. The van der Waals surface area contributed by atoms with Gasteiger partial charge in [0.15, 0.2) is 0 Å². The molecule has 0 radical (unpaired) electrons. The molecule has 3 atom stereocenters. The van der Waals surface area contributed by atoms with Crippen LogP contribution in [0.5, 0.6) is 0 Å². The number of halogens is 3. The highest BCUT2D eigenvalue weighted by Gasteiger charge is 2.47. The van der Waals surface area contributed by atoms with Gasteiger partial charge in [-0.15, -0.1) is 0 Å². The minimum atomic E-state index is -4.17. The van der Waals surface area contributed by atoms with Crippen LogP contribution in [0, 0.1) is 5.92 Å². The van der Waals surface area contributed by atoms with Gasteiger partial charge in [-0.3, -0.25) is 11.3 Å². The Labute approximate surface area is 98.0 Å². The Morgan fingerprint density at radius 2 is 1.94 bits per heavy atom. The fourth-order valence-electron chi connectivity index (χ4n) is 2.33. The minimum Gasteiger partial charge on any atom is -0.271 e. The molecular weight excluding hydrogens is 229 g/mol. The normalized spacial score (nSPS) is 25.6. The van der Waals surface area contributed by atoms with Crippen molar-refractivity contribution in [1.82, 2.24) is 5.43 Å². The molecule has 1 fully saturated rings. The number of benzene rings is 1. The Bertz CT molecular complexity index is 364. The van der Waals surface area contributed by atoms with E-state index < -0.39 is 18.6 Å². The third kappa shape index (κ3) is 3.20. The molecule has 1 aromatic rings. The number of alkyl halides is 3. The Balaban J connectivity index is 1.97. The second-order valence-electron chi connectivity index (χ2n) is 4.51. The molecule has 0 heterocycles. The first-order valence-corrected chi connectivity index (χ1v) is 5.59. The van der Waals surface area contributed by atoms with Crippen molar-refractivity contribution < 1.29 is 13.2 Å². The second-order valence-corrected chi connectivity index (χ2v) is 4.51.